The minimum Gasteiger partial charge on any atom is -0.370 e. The molecule has 4 rings (SSSR count). The van der Waals surface area contributed by atoms with Crippen LogP contribution in [0.2, 0.25) is 5.02 Å². The monoisotopic (exact) mass is 579 g/mol. The number of hydrogen-bond donors (Lipinski definition) is 4. The predicted octanol–water partition coefficient (Wildman–Crippen LogP) is 4.28. The van der Waals surface area contributed by atoms with E-state index in [0.29, 0.717) is 11.2 Å². The molecule has 41 heavy (non-hydrogen) atoms. The first kappa shape index (κ1) is 29.0. The number of nitro groups is 1. The number of nitrogens with two attached hydrogens (primary N) is 2. The van der Waals surface area contributed by atoms with Gasteiger partial charge in [0.25, 0.3) is 11.6 Å². The maximum Gasteiger partial charge on any atom is 0.288 e. The second-order valence-corrected chi connectivity index (χ2v) is 9.53. The summed E-state index contributed by atoms with van der Waals surface area (Å²) in [7, 11) is 0. The van der Waals surface area contributed by atoms with E-state index in [9.17, 15) is 24.1 Å². The van der Waals surface area contributed by atoms with Crippen molar-refractivity contribution in [2.24, 2.45) is 16.5 Å². The van der Waals surface area contributed by atoms with Crippen LogP contribution in [-0.2, 0) is 16.0 Å². The van der Waals surface area contributed by atoms with Crippen LogP contribution in [0.3, 0.4) is 0 Å². The Morgan fingerprint density at radius 1 is 1.12 bits per heavy atom. The van der Waals surface area contributed by atoms with Gasteiger partial charge in [0, 0.05) is 41.8 Å². The van der Waals surface area contributed by atoms with Crippen LogP contribution in [0.4, 0.5) is 15.8 Å². The van der Waals surface area contributed by atoms with E-state index in [1.54, 1.807) is 42.6 Å². The number of guanidine groups is 1. The van der Waals surface area contributed by atoms with Crippen LogP contribution in [-0.4, -0.2) is 45.7 Å². The van der Waals surface area contributed by atoms with Crippen LogP contribution in [0, 0.1) is 15.9 Å². The summed E-state index contributed by atoms with van der Waals surface area (Å²) in [5.41, 5.74) is 12.4. The van der Waals surface area contributed by atoms with Gasteiger partial charge in [0.1, 0.15) is 16.9 Å². The molecule has 4 aromatic rings. The number of fused-ring (bicyclic) bond motifs is 1. The van der Waals surface area contributed by atoms with Crippen molar-refractivity contribution in [2.75, 3.05) is 18.4 Å². The quantitative estimate of drug-likeness (QED) is 0.0893. The van der Waals surface area contributed by atoms with Crippen molar-refractivity contribution < 1.29 is 18.9 Å². The summed E-state index contributed by atoms with van der Waals surface area (Å²) in [5.74, 6) is -1.65. The van der Waals surface area contributed by atoms with Crippen molar-refractivity contribution in [1.29, 1.82) is 0 Å². The zero-order chi connectivity index (χ0) is 29.5. The number of benzene rings is 3. The van der Waals surface area contributed by atoms with Crippen LogP contribution in [0.5, 0.6) is 0 Å². The Morgan fingerprint density at radius 3 is 2.59 bits per heavy atom. The van der Waals surface area contributed by atoms with Crippen LogP contribution in [0.15, 0.2) is 77.9 Å². The van der Waals surface area contributed by atoms with Gasteiger partial charge in [0.15, 0.2) is 5.96 Å². The van der Waals surface area contributed by atoms with Gasteiger partial charge in [-0.15, -0.1) is 0 Å². The summed E-state index contributed by atoms with van der Waals surface area (Å²) in [5, 5.41) is 15.1. The van der Waals surface area contributed by atoms with E-state index >= 15 is 0 Å². The van der Waals surface area contributed by atoms with Gasteiger partial charge in [-0.3, -0.25) is 24.7 Å². The molecule has 13 heteroatoms. The molecule has 3 aromatic carbocycles. The molecule has 0 radical (unpaired) electrons. The molecule has 11 nitrogen and oxygen atoms in total. The molecule has 0 bridgehead atoms. The highest BCUT2D eigenvalue weighted by Crippen LogP contribution is 2.32. The van der Waals surface area contributed by atoms with E-state index in [1.807, 2.05) is 0 Å². The van der Waals surface area contributed by atoms with Crippen LogP contribution in [0.25, 0.3) is 10.9 Å². The molecule has 1 atom stereocenters. The van der Waals surface area contributed by atoms with Gasteiger partial charge in [0.05, 0.1) is 11.5 Å². The number of H-pyrrole nitrogens is 1. The number of rotatable bonds is 11. The fourth-order valence-corrected chi connectivity index (χ4v) is 4.66. The van der Waals surface area contributed by atoms with Crippen molar-refractivity contribution in [3.05, 3.63) is 105 Å². The van der Waals surface area contributed by atoms with Crippen LogP contribution in [0.1, 0.15) is 23.6 Å². The smallest absolute Gasteiger partial charge is 0.288 e. The topological polar surface area (TPSA) is 173 Å². The first-order valence-corrected chi connectivity index (χ1v) is 12.9. The van der Waals surface area contributed by atoms with E-state index in [2.05, 4.69) is 15.3 Å². The standard InChI is InChI=1S/C28H27ClFN7O4/c29-22-9-6-17(14-24(22)37(40)41)26(27(39)35-20-4-2-1-3-5-20)36(25(38)10-12-33-28(31)32)13-11-18-16-34-23-15-19(30)7-8-21(18)23/h1-9,14-16,26,34H,10-13H2,(H,35,39)(H4,31,32,33). The maximum atomic E-state index is 13.8. The molecule has 0 saturated carbocycles. The first-order valence-electron chi connectivity index (χ1n) is 12.5. The third kappa shape index (κ3) is 7.17. The molecule has 1 aromatic heterocycles. The summed E-state index contributed by atoms with van der Waals surface area (Å²) in [4.78, 5) is 46.7. The average molecular weight is 580 g/mol. The highest BCUT2D eigenvalue weighted by atomic mass is 35.5. The number of nitro benzene ring substituents is 1. The summed E-state index contributed by atoms with van der Waals surface area (Å²) in [6.45, 7) is 0.00606. The molecule has 212 valence electrons. The van der Waals surface area contributed by atoms with E-state index in [-0.39, 0.29) is 42.5 Å². The summed E-state index contributed by atoms with van der Waals surface area (Å²) in [6.07, 6.45) is 1.85. The fraction of sp³-hybridized carbons (Fsp3) is 0.179. The number of amides is 2. The lowest BCUT2D eigenvalue weighted by molar-refractivity contribution is -0.384. The SMILES string of the molecule is NC(N)=NCCC(=O)N(CCc1c[nH]c2cc(F)ccc12)C(C(=O)Nc1ccccc1)c1ccc(Cl)c([N+](=O)[O-])c1. The number of carbonyl (C=O) groups is 2. The molecule has 2 amide bonds. The second-order valence-electron chi connectivity index (χ2n) is 9.12. The minimum atomic E-state index is -1.28. The Bertz CT molecular complexity index is 1610. The summed E-state index contributed by atoms with van der Waals surface area (Å²) < 4.78 is 13.7. The molecule has 1 heterocycles. The summed E-state index contributed by atoms with van der Waals surface area (Å²) in [6, 6.07) is 15.6. The van der Waals surface area contributed by atoms with Crippen LogP contribution >= 0.6 is 11.6 Å². The largest absolute Gasteiger partial charge is 0.370 e. The average Bonchev–Trinajstić information content (AvgIpc) is 3.33. The van der Waals surface area contributed by atoms with Gasteiger partial charge in [-0.1, -0.05) is 35.9 Å². The van der Waals surface area contributed by atoms with Crippen molar-refractivity contribution >= 4 is 51.7 Å². The predicted molar refractivity (Wildman–Crippen MR) is 155 cm³/mol. The number of carbonyl (C=O) groups excluding carboxylic acids is 2. The molecule has 0 aliphatic rings. The first-order chi connectivity index (χ1) is 19.6. The number of aliphatic imine (C=N–C) groups is 1. The van der Waals surface area contributed by atoms with E-state index < -0.39 is 34.3 Å². The minimum absolute atomic E-state index is 0.0299. The van der Waals surface area contributed by atoms with Crippen molar-refractivity contribution in [3.8, 4) is 0 Å². The molecule has 1 unspecified atom stereocenters. The number of hydrogen-bond acceptors (Lipinski definition) is 5. The normalized spacial score (nSPS) is 11.6. The molecule has 0 fully saturated rings. The van der Waals surface area contributed by atoms with E-state index in [1.165, 1.54) is 35.2 Å². The molecule has 0 spiro atoms. The van der Waals surface area contributed by atoms with Crippen molar-refractivity contribution in [2.45, 2.75) is 18.9 Å². The number of halogens is 2. The Balaban J connectivity index is 1.75. The zero-order valence-corrected chi connectivity index (χ0v) is 22.5. The van der Waals surface area contributed by atoms with Gasteiger partial charge in [-0.25, -0.2) is 4.39 Å². The van der Waals surface area contributed by atoms with Gasteiger partial charge < -0.3 is 26.7 Å². The van der Waals surface area contributed by atoms with Crippen molar-refractivity contribution in [1.82, 2.24) is 9.88 Å². The third-order valence-corrected chi connectivity index (χ3v) is 6.70. The highest BCUT2D eigenvalue weighted by molar-refractivity contribution is 6.32. The third-order valence-electron chi connectivity index (χ3n) is 6.38. The molecule has 0 aliphatic carbocycles. The Kier molecular flexibility index (Phi) is 9.15. The number of nitrogens with one attached hydrogen (secondary N) is 2. The number of aromatic nitrogens is 1. The van der Waals surface area contributed by atoms with Gasteiger partial charge in [-0.05, 0) is 53.9 Å². The highest BCUT2D eigenvalue weighted by Gasteiger charge is 2.33. The van der Waals surface area contributed by atoms with E-state index in [0.717, 1.165) is 10.9 Å². The lowest BCUT2D eigenvalue weighted by atomic mass is 10.0. The van der Waals surface area contributed by atoms with Gasteiger partial charge >= 0.3 is 0 Å². The lowest BCUT2D eigenvalue weighted by Crippen LogP contribution is -2.42. The van der Waals surface area contributed by atoms with Crippen LogP contribution < -0.4 is 16.8 Å². The number of para-hydroxylation sites is 1. The van der Waals surface area contributed by atoms with E-state index in [4.69, 9.17) is 23.1 Å². The Labute approximate surface area is 239 Å². The second kappa shape index (κ2) is 12.9. The summed E-state index contributed by atoms with van der Waals surface area (Å²) >= 11 is 6.05. The molecule has 0 saturated heterocycles. The number of aromatic amines is 1. The Hall–Kier alpha value is -4.97. The lowest BCUT2D eigenvalue weighted by Gasteiger charge is -2.31. The molecular weight excluding hydrogens is 553 g/mol. The number of anilines is 1. The maximum absolute atomic E-state index is 13.8. The number of nitrogens with zero attached hydrogens (tertiary/aromatic N) is 3. The fourth-order valence-electron chi connectivity index (χ4n) is 4.47. The van der Waals surface area contributed by atoms with Crippen molar-refractivity contribution in [3.63, 3.8) is 0 Å². The Morgan fingerprint density at radius 2 is 1.88 bits per heavy atom. The molecule has 0 aliphatic heterocycles. The molecular formula is C28H27ClFN7O4. The zero-order valence-electron chi connectivity index (χ0n) is 21.7. The van der Waals surface area contributed by atoms with Gasteiger partial charge in [-0.2, -0.15) is 0 Å². The van der Waals surface area contributed by atoms with Gasteiger partial charge in [0.2, 0.25) is 5.91 Å². The molecule has 6 N–H and O–H groups in total.